The Balaban J connectivity index is 1.92. The molecule has 1 amide bonds. The average Bonchev–Trinajstić information content (AvgIpc) is 3.30. The van der Waals surface area contributed by atoms with Crippen molar-refractivity contribution in [3.05, 3.63) is 81.9 Å². The van der Waals surface area contributed by atoms with Crippen molar-refractivity contribution in [1.29, 1.82) is 5.41 Å². The lowest BCUT2D eigenvalue weighted by molar-refractivity contribution is -0.137. The van der Waals surface area contributed by atoms with Crippen LogP contribution in [0.25, 0.3) is 0 Å². The molecule has 3 N–H and O–H groups in total. The van der Waals surface area contributed by atoms with E-state index in [-0.39, 0.29) is 36.6 Å². The summed E-state index contributed by atoms with van der Waals surface area (Å²) in [7, 11) is 1.10. The van der Waals surface area contributed by atoms with Gasteiger partial charge in [0.25, 0.3) is 5.91 Å². The lowest BCUT2D eigenvalue weighted by Gasteiger charge is -2.24. The quantitative estimate of drug-likeness (QED) is 0.198. The molecular weight excluding hydrogens is 537 g/mol. The first-order valence-corrected chi connectivity index (χ1v) is 11.4. The van der Waals surface area contributed by atoms with Crippen molar-refractivity contribution in [2.75, 3.05) is 20.2 Å². The van der Waals surface area contributed by atoms with Crippen LogP contribution in [-0.4, -0.2) is 48.9 Å². The van der Waals surface area contributed by atoms with E-state index in [0.29, 0.717) is 5.56 Å². The van der Waals surface area contributed by atoms with Gasteiger partial charge in [0.15, 0.2) is 5.71 Å². The maximum atomic E-state index is 14.6. The molecule has 7 nitrogen and oxygen atoms in total. The van der Waals surface area contributed by atoms with Gasteiger partial charge < -0.3 is 20.3 Å². The van der Waals surface area contributed by atoms with Gasteiger partial charge in [-0.2, -0.15) is 26.3 Å². The second-order valence-electron chi connectivity index (χ2n) is 8.56. The van der Waals surface area contributed by atoms with E-state index in [4.69, 9.17) is 5.41 Å². The third kappa shape index (κ3) is 6.86. The van der Waals surface area contributed by atoms with E-state index in [9.17, 15) is 40.3 Å². The minimum atomic E-state index is -5.22. The number of amides is 1. The molecule has 210 valence electrons. The van der Waals surface area contributed by atoms with E-state index in [1.165, 1.54) is 24.0 Å². The second-order valence-corrected chi connectivity index (χ2v) is 8.56. The first-order valence-electron chi connectivity index (χ1n) is 11.4. The van der Waals surface area contributed by atoms with Gasteiger partial charge in [-0.1, -0.05) is 18.2 Å². The molecular formula is C25H23F7N4O3. The molecule has 0 radical (unpaired) electrons. The van der Waals surface area contributed by atoms with Gasteiger partial charge in [0.05, 0.1) is 24.3 Å². The van der Waals surface area contributed by atoms with E-state index >= 15 is 0 Å². The Kier molecular flexibility index (Phi) is 8.56. The predicted molar refractivity (Wildman–Crippen MR) is 125 cm³/mol. The smallest absolute Gasteiger partial charge is 0.433 e. The summed E-state index contributed by atoms with van der Waals surface area (Å²) in [6, 6.07) is 6.04. The number of ether oxygens (including phenoxy) is 1. The van der Waals surface area contributed by atoms with Crippen LogP contribution < -0.4 is 10.6 Å². The zero-order chi connectivity index (χ0) is 29.1. The van der Waals surface area contributed by atoms with Crippen molar-refractivity contribution in [1.82, 2.24) is 15.5 Å². The number of carbonyl (C=O) groups is 2. The summed E-state index contributed by atoms with van der Waals surface area (Å²) in [5.41, 5.74) is -3.86. The van der Waals surface area contributed by atoms with Gasteiger partial charge in [0.2, 0.25) is 0 Å². The summed E-state index contributed by atoms with van der Waals surface area (Å²) < 4.78 is 98.5. The molecule has 0 aromatic heterocycles. The molecule has 39 heavy (non-hydrogen) atoms. The summed E-state index contributed by atoms with van der Waals surface area (Å²) in [6.07, 6.45) is -9.79. The molecule has 0 spiro atoms. The van der Waals surface area contributed by atoms with Crippen LogP contribution in [0.4, 0.5) is 30.7 Å². The molecule has 1 aliphatic rings. The third-order valence-corrected chi connectivity index (χ3v) is 5.88. The normalized spacial score (nSPS) is 15.9. The predicted octanol–water partition coefficient (Wildman–Crippen LogP) is 4.71. The first-order chi connectivity index (χ1) is 18.1. The van der Waals surface area contributed by atoms with Crippen LogP contribution in [-0.2, 0) is 22.3 Å². The Bertz CT molecular complexity index is 1290. The summed E-state index contributed by atoms with van der Waals surface area (Å²) in [5.74, 6) is -3.41. The van der Waals surface area contributed by atoms with Crippen LogP contribution in [0.15, 0.2) is 53.9 Å². The van der Waals surface area contributed by atoms with Crippen molar-refractivity contribution in [3.8, 4) is 0 Å². The summed E-state index contributed by atoms with van der Waals surface area (Å²) >= 11 is 0. The molecule has 1 unspecified atom stereocenters. The number of nitrogens with one attached hydrogen (secondary N) is 3. The van der Waals surface area contributed by atoms with Crippen LogP contribution in [0.2, 0.25) is 0 Å². The van der Waals surface area contributed by atoms with Gasteiger partial charge in [-0.25, -0.2) is 9.18 Å². The number of nitrogens with zero attached hydrogens (tertiary/aromatic N) is 1. The molecule has 3 rings (SSSR count). The third-order valence-electron chi connectivity index (χ3n) is 5.88. The van der Waals surface area contributed by atoms with Gasteiger partial charge in [-0.15, -0.1) is 0 Å². The highest BCUT2D eigenvalue weighted by molar-refractivity contribution is 6.23. The van der Waals surface area contributed by atoms with E-state index in [1.807, 2.05) is 0 Å². The first kappa shape index (κ1) is 29.5. The topological polar surface area (TPSA) is 94.5 Å². The molecule has 1 fully saturated rings. The van der Waals surface area contributed by atoms with Crippen molar-refractivity contribution in [3.63, 3.8) is 0 Å². The van der Waals surface area contributed by atoms with Crippen LogP contribution >= 0.6 is 0 Å². The Hall–Kier alpha value is -4.10. The SMILES string of the molecule is COC(=O)c1ccc(C(C)NC(=O)/C(C(=N)C(F)(F)F)=C2/NCCN2Cc2ccc(C(F)(F)F)cc2)c(F)c1. The molecule has 0 aliphatic carbocycles. The van der Waals surface area contributed by atoms with Crippen LogP contribution in [0.1, 0.15) is 40.0 Å². The number of hydrogen-bond donors (Lipinski definition) is 3. The zero-order valence-electron chi connectivity index (χ0n) is 20.6. The Morgan fingerprint density at radius 1 is 1.10 bits per heavy atom. The lowest BCUT2D eigenvalue weighted by atomic mass is 10.0. The average molecular weight is 560 g/mol. The van der Waals surface area contributed by atoms with E-state index < -0.39 is 52.9 Å². The highest BCUT2D eigenvalue weighted by Gasteiger charge is 2.42. The number of hydrogen-bond acceptors (Lipinski definition) is 6. The molecule has 2 aromatic carbocycles. The van der Waals surface area contributed by atoms with E-state index in [1.54, 1.807) is 0 Å². The van der Waals surface area contributed by atoms with E-state index in [2.05, 4.69) is 15.4 Å². The standard InChI is InChI=1S/C25H23F7N4O3/c1-13(17-8-5-15(11-18(17)26)23(38)39-2)35-22(37)19(20(33)25(30,31)32)21-34-9-10-36(21)12-14-3-6-16(7-4-14)24(27,28)29/h3-8,11,13,33-34H,9-10,12H2,1-2H3,(H,35,37)/b21-19-,33-20?. The van der Waals surface area contributed by atoms with Gasteiger partial charge in [0.1, 0.15) is 17.2 Å². The number of methoxy groups -OCH3 is 1. The number of esters is 1. The Labute approximate surface area is 218 Å². The highest BCUT2D eigenvalue weighted by Crippen LogP contribution is 2.30. The highest BCUT2D eigenvalue weighted by atomic mass is 19.4. The van der Waals surface area contributed by atoms with Crippen molar-refractivity contribution < 1.29 is 45.1 Å². The molecule has 1 aliphatic heterocycles. The van der Waals surface area contributed by atoms with Crippen molar-refractivity contribution >= 4 is 17.6 Å². The maximum Gasteiger partial charge on any atom is 0.433 e. The van der Waals surface area contributed by atoms with Crippen LogP contribution in [0, 0.1) is 11.2 Å². The largest absolute Gasteiger partial charge is 0.465 e. The Morgan fingerprint density at radius 2 is 1.74 bits per heavy atom. The molecule has 1 saturated heterocycles. The number of benzene rings is 2. The summed E-state index contributed by atoms with van der Waals surface area (Å²) in [5, 5.41) is 12.6. The fraction of sp³-hybridized carbons (Fsp3) is 0.320. The molecule has 0 bridgehead atoms. The molecule has 1 atom stereocenters. The van der Waals surface area contributed by atoms with E-state index in [0.717, 1.165) is 37.4 Å². The van der Waals surface area contributed by atoms with Gasteiger partial charge in [-0.3, -0.25) is 10.2 Å². The fourth-order valence-electron chi connectivity index (χ4n) is 3.91. The summed E-state index contributed by atoms with van der Waals surface area (Å²) in [6.45, 7) is 1.34. The van der Waals surface area contributed by atoms with Gasteiger partial charge >= 0.3 is 18.3 Å². The second kappa shape index (κ2) is 11.3. The van der Waals surface area contributed by atoms with Gasteiger partial charge in [-0.05, 0) is 36.8 Å². The zero-order valence-corrected chi connectivity index (χ0v) is 20.6. The van der Waals surface area contributed by atoms with Crippen LogP contribution in [0.3, 0.4) is 0 Å². The minimum Gasteiger partial charge on any atom is -0.465 e. The monoisotopic (exact) mass is 560 g/mol. The van der Waals surface area contributed by atoms with Crippen molar-refractivity contribution in [2.24, 2.45) is 0 Å². The lowest BCUT2D eigenvalue weighted by Crippen LogP contribution is -2.39. The molecule has 14 heteroatoms. The Morgan fingerprint density at radius 3 is 2.28 bits per heavy atom. The van der Waals surface area contributed by atoms with Crippen molar-refractivity contribution in [2.45, 2.75) is 31.9 Å². The summed E-state index contributed by atoms with van der Waals surface area (Å²) in [4.78, 5) is 26.0. The number of carbonyl (C=O) groups excluding carboxylic acids is 2. The molecule has 1 heterocycles. The number of halogens is 7. The molecule has 0 saturated carbocycles. The number of rotatable bonds is 7. The van der Waals surface area contributed by atoms with Gasteiger partial charge in [0, 0.05) is 25.2 Å². The minimum absolute atomic E-state index is 0.0943. The maximum absolute atomic E-state index is 14.6. The van der Waals surface area contributed by atoms with Crippen LogP contribution in [0.5, 0.6) is 0 Å². The molecule has 2 aromatic rings. The fourth-order valence-corrected chi connectivity index (χ4v) is 3.91. The number of alkyl halides is 6.